The van der Waals surface area contributed by atoms with Crippen LogP contribution in [-0.4, -0.2) is 27.6 Å². The standard InChI is InChI=1S/C17H14FN5O2S2/c1-11(12-5-3-2-4-6-12)23-15-8-14(18)16(7-13(15)9-20-23)27(24,25)22-17-19-10-21-26-17/h2-11H,1H3,(H,19,21,22)/t11-/m0/s1. The Balaban J connectivity index is 1.76. The van der Waals surface area contributed by atoms with E-state index in [-0.39, 0.29) is 11.2 Å². The predicted octanol–water partition coefficient (Wildman–Crippen LogP) is 3.44. The molecule has 4 rings (SSSR count). The zero-order valence-corrected chi connectivity index (χ0v) is 15.7. The van der Waals surface area contributed by atoms with E-state index in [9.17, 15) is 12.8 Å². The highest BCUT2D eigenvalue weighted by molar-refractivity contribution is 7.93. The van der Waals surface area contributed by atoms with Crippen molar-refractivity contribution in [2.75, 3.05) is 4.72 Å². The summed E-state index contributed by atoms with van der Waals surface area (Å²) in [5.41, 5.74) is 1.52. The molecule has 0 fully saturated rings. The molecule has 0 unspecified atom stereocenters. The zero-order valence-electron chi connectivity index (χ0n) is 14.1. The Bertz CT molecular complexity index is 1190. The van der Waals surface area contributed by atoms with E-state index < -0.39 is 20.7 Å². The van der Waals surface area contributed by atoms with Crippen LogP contribution in [0, 0.1) is 5.82 Å². The first kappa shape index (κ1) is 17.6. The minimum atomic E-state index is -4.12. The molecule has 0 aliphatic rings. The first-order valence-corrected chi connectivity index (χ1v) is 10.2. The molecule has 138 valence electrons. The molecule has 0 saturated heterocycles. The van der Waals surface area contributed by atoms with E-state index in [0.29, 0.717) is 10.9 Å². The second kappa shape index (κ2) is 6.71. The highest BCUT2D eigenvalue weighted by Gasteiger charge is 2.23. The van der Waals surface area contributed by atoms with Gasteiger partial charge in [0.25, 0.3) is 10.0 Å². The average molecular weight is 403 g/mol. The summed E-state index contributed by atoms with van der Waals surface area (Å²) in [4.78, 5) is 3.30. The Labute approximate surface area is 158 Å². The number of benzene rings is 2. The number of nitrogens with zero attached hydrogens (tertiary/aromatic N) is 4. The van der Waals surface area contributed by atoms with E-state index >= 15 is 0 Å². The molecule has 10 heteroatoms. The molecule has 7 nitrogen and oxygen atoms in total. The number of aromatic nitrogens is 4. The normalized spacial score (nSPS) is 13.0. The van der Waals surface area contributed by atoms with Crippen LogP contribution >= 0.6 is 11.5 Å². The summed E-state index contributed by atoms with van der Waals surface area (Å²) >= 11 is 0.869. The molecule has 4 aromatic rings. The molecule has 2 heterocycles. The van der Waals surface area contributed by atoms with Gasteiger partial charge in [-0.15, -0.1) is 0 Å². The van der Waals surface area contributed by atoms with Crippen LogP contribution in [0.3, 0.4) is 0 Å². The van der Waals surface area contributed by atoms with Crippen LogP contribution in [0.5, 0.6) is 0 Å². The minimum absolute atomic E-state index is 0.0721. The zero-order chi connectivity index (χ0) is 19.0. The largest absolute Gasteiger partial charge is 0.266 e. The molecule has 27 heavy (non-hydrogen) atoms. The van der Waals surface area contributed by atoms with E-state index in [1.807, 2.05) is 37.3 Å². The number of fused-ring (bicyclic) bond motifs is 1. The summed E-state index contributed by atoms with van der Waals surface area (Å²) in [5, 5.41) is 4.92. The predicted molar refractivity (Wildman–Crippen MR) is 101 cm³/mol. The van der Waals surface area contributed by atoms with E-state index in [1.165, 1.54) is 24.7 Å². The lowest BCUT2D eigenvalue weighted by atomic mass is 10.1. The molecule has 0 bridgehead atoms. The summed E-state index contributed by atoms with van der Waals surface area (Å²) in [6.07, 6.45) is 2.75. The second-order valence-corrected chi connectivity index (χ2v) is 8.30. The highest BCUT2D eigenvalue weighted by Crippen LogP contribution is 2.28. The average Bonchev–Trinajstić information content (AvgIpc) is 3.30. The lowest BCUT2D eigenvalue weighted by molar-refractivity contribution is 0.565. The van der Waals surface area contributed by atoms with Gasteiger partial charge >= 0.3 is 0 Å². The van der Waals surface area contributed by atoms with E-state index in [0.717, 1.165) is 17.1 Å². The second-order valence-electron chi connectivity index (χ2n) is 5.87. The number of sulfonamides is 1. The molecule has 1 atom stereocenters. The monoisotopic (exact) mass is 403 g/mol. The van der Waals surface area contributed by atoms with E-state index in [1.54, 1.807) is 4.68 Å². The molecule has 1 N–H and O–H groups in total. The summed E-state index contributed by atoms with van der Waals surface area (Å²) in [5.74, 6) is -0.860. The lowest BCUT2D eigenvalue weighted by Crippen LogP contribution is -2.14. The van der Waals surface area contributed by atoms with Crippen molar-refractivity contribution in [3.63, 3.8) is 0 Å². The lowest BCUT2D eigenvalue weighted by Gasteiger charge is -2.14. The number of hydrogen-bond donors (Lipinski definition) is 1. The van der Waals surface area contributed by atoms with Crippen LogP contribution in [0.4, 0.5) is 9.52 Å². The van der Waals surface area contributed by atoms with Crippen molar-refractivity contribution in [3.05, 3.63) is 66.4 Å². The third kappa shape index (κ3) is 3.28. The number of hydrogen-bond acceptors (Lipinski definition) is 6. The van der Waals surface area contributed by atoms with Gasteiger partial charge < -0.3 is 0 Å². The first-order valence-electron chi connectivity index (χ1n) is 7.97. The van der Waals surface area contributed by atoms with Gasteiger partial charge in [0, 0.05) is 23.0 Å². The van der Waals surface area contributed by atoms with Gasteiger partial charge in [-0.25, -0.2) is 17.8 Å². The van der Waals surface area contributed by atoms with Crippen molar-refractivity contribution in [2.24, 2.45) is 0 Å². The minimum Gasteiger partial charge on any atom is -0.258 e. The topological polar surface area (TPSA) is 89.8 Å². The Morgan fingerprint density at radius 2 is 2.00 bits per heavy atom. The molecular formula is C17H14FN5O2S2. The van der Waals surface area contributed by atoms with Crippen LogP contribution in [-0.2, 0) is 10.0 Å². The SMILES string of the molecule is C[C@@H](c1ccccc1)n1ncc2cc(S(=O)(=O)Nc3ncns3)c(F)cc21. The summed E-state index contributed by atoms with van der Waals surface area (Å²) in [6.45, 7) is 1.95. The van der Waals surface area contributed by atoms with Crippen LogP contribution < -0.4 is 4.72 Å². The fourth-order valence-corrected chi connectivity index (χ4v) is 4.58. The Morgan fingerprint density at radius 3 is 2.70 bits per heavy atom. The van der Waals surface area contributed by atoms with Crippen LogP contribution in [0.1, 0.15) is 18.5 Å². The van der Waals surface area contributed by atoms with Crippen molar-refractivity contribution in [1.82, 2.24) is 19.1 Å². The summed E-state index contributed by atoms with van der Waals surface area (Å²) in [6, 6.07) is 12.0. The molecule has 0 amide bonds. The highest BCUT2D eigenvalue weighted by atomic mass is 32.2. The molecule has 0 aliphatic heterocycles. The number of nitrogens with one attached hydrogen (secondary N) is 1. The molecular weight excluding hydrogens is 389 g/mol. The van der Waals surface area contributed by atoms with Crippen LogP contribution in [0.2, 0.25) is 0 Å². The number of rotatable bonds is 5. The van der Waals surface area contributed by atoms with Crippen molar-refractivity contribution in [3.8, 4) is 0 Å². The Morgan fingerprint density at radius 1 is 1.22 bits per heavy atom. The van der Waals surface area contributed by atoms with Gasteiger partial charge in [-0.05, 0) is 18.6 Å². The van der Waals surface area contributed by atoms with Crippen molar-refractivity contribution in [2.45, 2.75) is 17.9 Å². The maximum atomic E-state index is 14.7. The van der Waals surface area contributed by atoms with Crippen molar-refractivity contribution < 1.29 is 12.8 Å². The third-order valence-corrected chi connectivity index (χ3v) is 6.23. The van der Waals surface area contributed by atoms with Gasteiger partial charge in [-0.3, -0.25) is 9.40 Å². The Hall–Kier alpha value is -2.85. The van der Waals surface area contributed by atoms with Crippen molar-refractivity contribution in [1.29, 1.82) is 0 Å². The van der Waals surface area contributed by atoms with E-state index in [2.05, 4.69) is 19.2 Å². The first-order chi connectivity index (χ1) is 13.0. The summed E-state index contributed by atoms with van der Waals surface area (Å²) < 4.78 is 47.3. The fraction of sp³-hybridized carbons (Fsp3) is 0.118. The van der Waals surface area contributed by atoms with Gasteiger partial charge in [0.15, 0.2) is 0 Å². The van der Waals surface area contributed by atoms with Gasteiger partial charge in [-0.2, -0.15) is 9.47 Å². The Kier molecular flexibility index (Phi) is 4.36. The summed E-state index contributed by atoms with van der Waals surface area (Å²) in [7, 11) is -4.12. The van der Waals surface area contributed by atoms with Gasteiger partial charge in [-0.1, -0.05) is 30.3 Å². The quantitative estimate of drug-likeness (QED) is 0.551. The van der Waals surface area contributed by atoms with Crippen LogP contribution in [0.15, 0.2) is 59.9 Å². The van der Waals surface area contributed by atoms with E-state index in [4.69, 9.17) is 0 Å². The third-order valence-electron chi connectivity index (χ3n) is 4.17. The molecule has 0 spiro atoms. The fourth-order valence-electron chi connectivity index (χ4n) is 2.82. The molecule has 0 radical (unpaired) electrons. The maximum absolute atomic E-state index is 14.7. The smallest absolute Gasteiger partial charge is 0.258 e. The molecule has 0 aliphatic carbocycles. The molecule has 2 aromatic heterocycles. The van der Waals surface area contributed by atoms with Gasteiger partial charge in [0.1, 0.15) is 17.0 Å². The maximum Gasteiger partial charge on any atom is 0.266 e. The van der Waals surface area contributed by atoms with Crippen molar-refractivity contribution >= 4 is 37.6 Å². The van der Waals surface area contributed by atoms with Crippen LogP contribution in [0.25, 0.3) is 10.9 Å². The number of halogens is 1. The molecule has 0 saturated carbocycles. The van der Waals surface area contributed by atoms with Gasteiger partial charge in [0.2, 0.25) is 5.13 Å². The number of anilines is 1. The molecule has 2 aromatic carbocycles. The van der Waals surface area contributed by atoms with Gasteiger partial charge in [0.05, 0.1) is 17.8 Å².